The van der Waals surface area contributed by atoms with Gasteiger partial charge in [-0.05, 0) is 74.0 Å². The fraction of sp³-hybridized carbons (Fsp3) is 0.211. The first-order chi connectivity index (χ1) is 12.4. The van der Waals surface area contributed by atoms with E-state index in [2.05, 4.69) is 17.0 Å². The van der Waals surface area contributed by atoms with Gasteiger partial charge in [-0.25, -0.2) is 4.79 Å². The summed E-state index contributed by atoms with van der Waals surface area (Å²) in [6.45, 7) is 5.87. The molecule has 0 saturated carbocycles. The van der Waals surface area contributed by atoms with Gasteiger partial charge in [0.05, 0.1) is 5.69 Å². The van der Waals surface area contributed by atoms with Crippen LogP contribution < -0.4 is 16.0 Å². The molecule has 26 heavy (non-hydrogen) atoms. The molecule has 0 amide bonds. The van der Waals surface area contributed by atoms with E-state index in [0.717, 1.165) is 39.1 Å². The Hall–Kier alpha value is -2.80. The maximum Gasteiger partial charge on any atom is 0.349 e. The van der Waals surface area contributed by atoms with E-state index in [1.165, 1.54) is 4.90 Å². The molecular weight excluding hydrogens is 350 g/mol. The maximum absolute atomic E-state index is 11.9. The van der Waals surface area contributed by atoms with Gasteiger partial charge < -0.3 is 4.74 Å². The van der Waals surface area contributed by atoms with Crippen molar-refractivity contribution in [2.75, 3.05) is 6.26 Å². The summed E-state index contributed by atoms with van der Waals surface area (Å²) in [6, 6.07) is 9.60. The second-order valence-corrected chi connectivity index (χ2v) is 6.84. The summed E-state index contributed by atoms with van der Waals surface area (Å²) in [7, 11) is 0. The minimum Gasteiger partial charge on any atom is -0.457 e. The number of H-pyrrole nitrogens is 1. The van der Waals surface area contributed by atoms with E-state index < -0.39 is 11.2 Å². The van der Waals surface area contributed by atoms with Crippen LogP contribution in [0.15, 0.2) is 51.0 Å². The molecule has 1 heterocycles. The number of aromatic amines is 1. The zero-order chi connectivity index (χ0) is 18.8. The lowest BCUT2D eigenvalue weighted by Gasteiger charge is -2.15. The normalized spacial score (nSPS) is 10.8. The quantitative estimate of drug-likeness (QED) is 0.714. The van der Waals surface area contributed by atoms with Gasteiger partial charge in [-0.15, -0.1) is 11.8 Å². The first-order valence-electron chi connectivity index (χ1n) is 8.02. The van der Waals surface area contributed by atoms with Crippen LogP contribution in [0.1, 0.15) is 16.7 Å². The number of aryl methyl sites for hydroxylation is 3. The van der Waals surface area contributed by atoms with Gasteiger partial charge in [-0.2, -0.15) is 9.78 Å². The van der Waals surface area contributed by atoms with Crippen LogP contribution in [0, 0.1) is 20.8 Å². The molecule has 1 aromatic heterocycles. The molecule has 0 unspecified atom stereocenters. The minimum absolute atomic E-state index is 0.524. The van der Waals surface area contributed by atoms with E-state index in [9.17, 15) is 9.59 Å². The van der Waals surface area contributed by atoms with Crippen molar-refractivity contribution >= 4 is 11.8 Å². The summed E-state index contributed by atoms with van der Waals surface area (Å²) in [6.07, 6.45) is 3.12. The van der Waals surface area contributed by atoms with Crippen molar-refractivity contribution in [3.63, 3.8) is 0 Å². The van der Waals surface area contributed by atoms with Crippen LogP contribution in [-0.4, -0.2) is 21.0 Å². The summed E-state index contributed by atoms with van der Waals surface area (Å²) in [4.78, 5) is 26.6. The Morgan fingerprint density at radius 2 is 1.73 bits per heavy atom. The van der Waals surface area contributed by atoms with Gasteiger partial charge in [0.1, 0.15) is 17.7 Å². The molecule has 0 radical (unpaired) electrons. The van der Waals surface area contributed by atoms with E-state index in [0.29, 0.717) is 5.69 Å². The van der Waals surface area contributed by atoms with Crippen LogP contribution in [0.3, 0.4) is 0 Å². The molecule has 0 saturated heterocycles. The first kappa shape index (κ1) is 18.0. The third-order valence-corrected chi connectivity index (χ3v) is 4.89. The number of nitrogens with one attached hydrogen (secondary N) is 1. The van der Waals surface area contributed by atoms with E-state index in [-0.39, 0.29) is 0 Å². The smallest absolute Gasteiger partial charge is 0.349 e. The molecular formula is C19H19N3O3S. The van der Waals surface area contributed by atoms with Gasteiger partial charge >= 0.3 is 5.69 Å². The topological polar surface area (TPSA) is 77.0 Å². The average Bonchev–Trinajstić information content (AvgIpc) is 2.58. The predicted molar refractivity (Wildman–Crippen MR) is 103 cm³/mol. The Morgan fingerprint density at radius 3 is 2.31 bits per heavy atom. The fourth-order valence-electron chi connectivity index (χ4n) is 2.78. The second-order valence-electron chi connectivity index (χ2n) is 5.99. The highest BCUT2D eigenvalue weighted by Gasteiger charge is 2.11. The van der Waals surface area contributed by atoms with Gasteiger partial charge in [0.2, 0.25) is 0 Å². The molecule has 0 bridgehead atoms. The number of benzene rings is 2. The van der Waals surface area contributed by atoms with E-state index in [1.807, 2.05) is 38.3 Å². The number of rotatable bonds is 4. The molecule has 3 aromatic rings. The van der Waals surface area contributed by atoms with Crippen molar-refractivity contribution in [1.82, 2.24) is 14.8 Å². The fourth-order valence-corrected chi connectivity index (χ4v) is 3.37. The molecule has 0 atom stereocenters. The Morgan fingerprint density at radius 1 is 1.04 bits per heavy atom. The highest BCUT2D eigenvalue weighted by Crippen LogP contribution is 2.32. The van der Waals surface area contributed by atoms with Crippen LogP contribution in [0.5, 0.6) is 11.5 Å². The van der Waals surface area contributed by atoms with Crippen LogP contribution in [0.2, 0.25) is 0 Å². The molecule has 0 fully saturated rings. The molecule has 2 aromatic carbocycles. The zero-order valence-electron chi connectivity index (χ0n) is 15.0. The van der Waals surface area contributed by atoms with Crippen LogP contribution in [0.4, 0.5) is 0 Å². The standard InChI is InChI=1S/C19H19N3O3S/c1-11-9-15(5-6-16(11)26-4)25-18-12(2)7-14(8-13(18)3)22-19(24)21-17(23)10-20-22/h5-10H,1-4H3,(H,21,23,24). The van der Waals surface area contributed by atoms with Crippen molar-refractivity contribution in [3.05, 3.63) is 74.1 Å². The molecule has 134 valence electrons. The summed E-state index contributed by atoms with van der Waals surface area (Å²) < 4.78 is 7.24. The number of hydrogen-bond acceptors (Lipinski definition) is 5. The highest BCUT2D eigenvalue weighted by atomic mass is 32.2. The number of thioether (sulfide) groups is 1. The molecule has 6 nitrogen and oxygen atoms in total. The summed E-state index contributed by atoms with van der Waals surface area (Å²) in [5.41, 5.74) is 2.36. The molecule has 1 N–H and O–H groups in total. The first-order valence-corrected chi connectivity index (χ1v) is 9.24. The molecule has 7 heteroatoms. The van der Waals surface area contributed by atoms with E-state index >= 15 is 0 Å². The third kappa shape index (κ3) is 3.57. The van der Waals surface area contributed by atoms with Crippen molar-refractivity contribution in [1.29, 1.82) is 0 Å². The van der Waals surface area contributed by atoms with E-state index in [4.69, 9.17) is 4.74 Å². The van der Waals surface area contributed by atoms with Crippen LogP contribution >= 0.6 is 11.8 Å². The van der Waals surface area contributed by atoms with Gasteiger partial charge in [-0.1, -0.05) is 0 Å². The van der Waals surface area contributed by atoms with Crippen LogP contribution in [0.25, 0.3) is 5.69 Å². The SMILES string of the molecule is CSc1ccc(Oc2c(C)cc(-n3ncc(=O)[nH]c3=O)cc2C)cc1C. The summed E-state index contributed by atoms with van der Waals surface area (Å²) in [5.74, 6) is 1.50. The average molecular weight is 369 g/mol. The van der Waals surface area contributed by atoms with Gasteiger partial charge in [0.15, 0.2) is 0 Å². The van der Waals surface area contributed by atoms with Gasteiger partial charge in [-0.3, -0.25) is 9.78 Å². The lowest BCUT2D eigenvalue weighted by Crippen LogP contribution is -2.30. The Balaban J connectivity index is 1.99. The molecule has 0 aliphatic rings. The lowest BCUT2D eigenvalue weighted by molar-refractivity contribution is 0.474. The minimum atomic E-state index is -0.576. The second kappa shape index (κ2) is 7.21. The van der Waals surface area contributed by atoms with Crippen LogP contribution in [-0.2, 0) is 0 Å². The third-order valence-electron chi connectivity index (χ3n) is 3.99. The summed E-state index contributed by atoms with van der Waals surface area (Å²) >= 11 is 1.70. The predicted octanol–water partition coefficient (Wildman–Crippen LogP) is 3.36. The van der Waals surface area contributed by atoms with Crippen molar-refractivity contribution < 1.29 is 4.74 Å². The number of ether oxygens (including phenoxy) is 1. The lowest BCUT2D eigenvalue weighted by atomic mass is 10.1. The monoisotopic (exact) mass is 369 g/mol. The maximum atomic E-state index is 11.9. The number of hydrogen-bond donors (Lipinski definition) is 1. The van der Waals surface area contributed by atoms with Gasteiger partial charge in [0, 0.05) is 4.90 Å². The van der Waals surface area contributed by atoms with Gasteiger partial charge in [0.25, 0.3) is 5.56 Å². The molecule has 3 rings (SSSR count). The Bertz CT molecular complexity index is 1060. The van der Waals surface area contributed by atoms with Crippen molar-refractivity contribution in [2.24, 2.45) is 0 Å². The van der Waals surface area contributed by atoms with Crippen molar-refractivity contribution in [2.45, 2.75) is 25.7 Å². The number of nitrogens with zero attached hydrogens (tertiary/aromatic N) is 2. The molecule has 0 aliphatic heterocycles. The Kier molecular flexibility index (Phi) is 4.99. The number of aromatic nitrogens is 3. The molecule has 0 spiro atoms. The van der Waals surface area contributed by atoms with E-state index in [1.54, 1.807) is 23.9 Å². The zero-order valence-corrected chi connectivity index (χ0v) is 15.8. The highest BCUT2D eigenvalue weighted by molar-refractivity contribution is 7.98. The van der Waals surface area contributed by atoms with Crippen molar-refractivity contribution in [3.8, 4) is 17.2 Å². The summed E-state index contributed by atoms with van der Waals surface area (Å²) in [5, 5.41) is 3.89. The Labute approximate surface area is 154 Å². The largest absolute Gasteiger partial charge is 0.457 e. The molecule has 0 aliphatic carbocycles.